The number of urea groups is 1. The minimum Gasteiger partial charge on any atom is -0.444 e. The molecule has 2 heterocycles. The fourth-order valence-corrected chi connectivity index (χ4v) is 3.09. The first-order chi connectivity index (χ1) is 13.4. The van der Waals surface area contributed by atoms with E-state index in [-0.39, 0.29) is 18.3 Å². The van der Waals surface area contributed by atoms with Crippen LogP contribution in [0.15, 0.2) is 59.2 Å². The SMILES string of the molecule is CC1(c2ccc(F)cc2)NC(=O)N(Cc2coc(-c3ccc(F)cc3)n2)C1=O. The van der Waals surface area contributed by atoms with Gasteiger partial charge in [-0.3, -0.25) is 9.69 Å². The molecule has 0 aliphatic carbocycles. The lowest BCUT2D eigenvalue weighted by atomic mass is 9.92. The largest absolute Gasteiger partial charge is 0.444 e. The third kappa shape index (κ3) is 3.02. The highest BCUT2D eigenvalue weighted by molar-refractivity contribution is 6.07. The summed E-state index contributed by atoms with van der Waals surface area (Å²) in [7, 11) is 0. The number of halogens is 2. The van der Waals surface area contributed by atoms with Gasteiger partial charge in [-0.05, 0) is 48.9 Å². The molecule has 1 N–H and O–H groups in total. The van der Waals surface area contributed by atoms with E-state index in [2.05, 4.69) is 10.3 Å². The Kier molecular flexibility index (Phi) is 4.18. The van der Waals surface area contributed by atoms with Crippen LogP contribution in [0.25, 0.3) is 11.5 Å². The van der Waals surface area contributed by atoms with E-state index in [1.54, 1.807) is 6.92 Å². The summed E-state index contributed by atoms with van der Waals surface area (Å²) in [5.74, 6) is -1.04. The Morgan fingerprint density at radius 1 is 1.04 bits per heavy atom. The quantitative estimate of drug-likeness (QED) is 0.699. The van der Waals surface area contributed by atoms with Gasteiger partial charge in [-0.25, -0.2) is 18.6 Å². The Labute approximate surface area is 158 Å². The zero-order chi connectivity index (χ0) is 19.9. The van der Waals surface area contributed by atoms with Crippen LogP contribution in [0.2, 0.25) is 0 Å². The summed E-state index contributed by atoms with van der Waals surface area (Å²) in [6, 6.07) is 10.4. The molecule has 1 unspecified atom stereocenters. The van der Waals surface area contributed by atoms with Crippen LogP contribution in [-0.2, 0) is 16.9 Å². The van der Waals surface area contributed by atoms with Crippen LogP contribution in [-0.4, -0.2) is 21.8 Å². The van der Waals surface area contributed by atoms with Crippen LogP contribution < -0.4 is 5.32 Å². The van der Waals surface area contributed by atoms with Crippen molar-refractivity contribution in [1.29, 1.82) is 0 Å². The Morgan fingerprint density at radius 2 is 1.64 bits per heavy atom. The standard InChI is InChI=1S/C20H15F2N3O3/c1-20(13-4-8-15(22)9-5-13)18(26)25(19(27)24-20)10-16-11-28-17(23-16)12-2-6-14(21)7-3-12/h2-9,11H,10H2,1H3,(H,24,27). The lowest BCUT2D eigenvalue weighted by Gasteiger charge is -2.22. The first-order valence-electron chi connectivity index (χ1n) is 8.47. The maximum atomic E-state index is 13.2. The maximum absolute atomic E-state index is 13.2. The number of nitrogens with one attached hydrogen (secondary N) is 1. The fourth-order valence-electron chi connectivity index (χ4n) is 3.09. The lowest BCUT2D eigenvalue weighted by molar-refractivity contribution is -0.131. The van der Waals surface area contributed by atoms with E-state index in [1.807, 2.05) is 0 Å². The number of amides is 3. The second-order valence-corrected chi connectivity index (χ2v) is 6.60. The third-order valence-corrected chi connectivity index (χ3v) is 4.66. The van der Waals surface area contributed by atoms with Gasteiger partial charge in [0.25, 0.3) is 5.91 Å². The lowest BCUT2D eigenvalue weighted by Crippen LogP contribution is -2.40. The van der Waals surface area contributed by atoms with Crippen molar-refractivity contribution in [1.82, 2.24) is 15.2 Å². The molecule has 1 atom stereocenters. The zero-order valence-corrected chi connectivity index (χ0v) is 14.8. The molecule has 1 aliphatic rings. The molecule has 0 spiro atoms. The van der Waals surface area contributed by atoms with Gasteiger partial charge in [-0.15, -0.1) is 0 Å². The molecule has 1 aliphatic heterocycles. The summed E-state index contributed by atoms with van der Waals surface area (Å²) in [5, 5.41) is 2.65. The van der Waals surface area contributed by atoms with Gasteiger partial charge in [0.15, 0.2) is 0 Å². The van der Waals surface area contributed by atoms with Crippen molar-refractivity contribution in [2.45, 2.75) is 19.0 Å². The monoisotopic (exact) mass is 383 g/mol. The Bertz CT molecular complexity index is 1050. The van der Waals surface area contributed by atoms with E-state index in [0.29, 0.717) is 16.8 Å². The van der Waals surface area contributed by atoms with Crippen LogP contribution in [0.1, 0.15) is 18.2 Å². The number of imide groups is 1. The molecule has 4 rings (SSSR count). The molecule has 1 aromatic heterocycles. The zero-order valence-electron chi connectivity index (χ0n) is 14.8. The Hall–Kier alpha value is -3.55. The van der Waals surface area contributed by atoms with Crippen LogP contribution in [0.3, 0.4) is 0 Å². The van der Waals surface area contributed by atoms with Crippen molar-refractivity contribution >= 4 is 11.9 Å². The molecule has 0 saturated carbocycles. The molecule has 0 radical (unpaired) electrons. The van der Waals surface area contributed by atoms with Crippen molar-refractivity contribution in [2.75, 3.05) is 0 Å². The molecule has 3 amide bonds. The highest BCUT2D eigenvalue weighted by Gasteiger charge is 2.49. The minimum atomic E-state index is -1.30. The van der Waals surface area contributed by atoms with Crippen LogP contribution in [0.5, 0.6) is 0 Å². The maximum Gasteiger partial charge on any atom is 0.325 e. The predicted molar refractivity (Wildman–Crippen MR) is 94.7 cm³/mol. The highest BCUT2D eigenvalue weighted by atomic mass is 19.1. The molecule has 142 valence electrons. The van der Waals surface area contributed by atoms with E-state index in [0.717, 1.165) is 4.90 Å². The van der Waals surface area contributed by atoms with Crippen LogP contribution in [0, 0.1) is 11.6 Å². The Balaban J connectivity index is 1.55. The normalized spacial score (nSPS) is 19.2. The topological polar surface area (TPSA) is 75.4 Å². The van der Waals surface area contributed by atoms with E-state index in [9.17, 15) is 18.4 Å². The molecule has 1 fully saturated rings. The number of hydrogen-bond acceptors (Lipinski definition) is 4. The highest BCUT2D eigenvalue weighted by Crippen LogP contribution is 2.30. The van der Waals surface area contributed by atoms with Crippen molar-refractivity contribution < 1.29 is 22.8 Å². The number of rotatable bonds is 4. The van der Waals surface area contributed by atoms with Gasteiger partial charge in [0.2, 0.25) is 5.89 Å². The number of carbonyl (C=O) groups excluding carboxylic acids is 2. The van der Waals surface area contributed by atoms with Gasteiger partial charge in [0.05, 0.1) is 12.2 Å². The van der Waals surface area contributed by atoms with E-state index >= 15 is 0 Å². The average Bonchev–Trinajstić information content (AvgIpc) is 3.22. The molecular weight excluding hydrogens is 368 g/mol. The van der Waals surface area contributed by atoms with E-state index in [4.69, 9.17) is 4.42 Å². The smallest absolute Gasteiger partial charge is 0.325 e. The number of aromatic nitrogens is 1. The van der Waals surface area contributed by atoms with E-state index < -0.39 is 23.3 Å². The molecule has 1 saturated heterocycles. The molecule has 8 heteroatoms. The van der Waals surface area contributed by atoms with Crippen molar-refractivity contribution in [3.8, 4) is 11.5 Å². The molecule has 0 bridgehead atoms. The summed E-state index contributed by atoms with van der Waals surface area (Å²) in [6.45, 7) is 1.47. The average molecular weight is 383 g/mol. The number of carbonyl (C=O) groups is 2. The summed E-state index contributed by atoms with van der Waals surface area (Å²) in [6.07, 6.45) is 1.34. The van der Waals surface area contributed by atoms with Gasteiger partial charge < -0.3 is 9.73 Å². The summed E-state index contributed by atoms with van der Waals surface area (Å²) >= 11 is 0. The second-order valence-electron chi connectivity index (χ2n) is 6.60. The third-order valence-electron chi connectivity index (χ3n) is 4.66. The van der Waals surface area contributed by atoms with Crippen molar-refractivity contribution in [2.24, 2.45) is 0 Å². The van der Waals surface area contributed by atoms with Crippen LogP contribution >= 0.6 is 0 Å². The van der Waals surface area contributed by atoms with Gasteiger partial charge in [-0.2, -0.15) is 0 Å². The minimum absolute atomic E-state index is 0.0911. The summed E-state index contributed by atoms with van der Waals surface area (Å²) in [5.41, 5.74) is 0.114. The van der Waals surface area contributed by atoms with Gasteiger partial charge >= 0.3 is 6.03 Å². The first kappa shape index (κ1) is 17.8. The summed E-state index contributed by atoms with van der Waals surface area (Å²) in [4.78, 5) is 30.6. The number of benzene rings is 2. The molecule has 28 heavy (non-hydrogen) atoms. The molecule has 6 nitrogen and oxygen atoms in total. The van der Waals surface area contributed by atoms with E-state index in [1.165, 1.54) is 54.8 Å². The molecular formula is C20H15F2N3O3. The van der Waals surface area contributed by atoms with Crippen molar-refractivity contribution in [3.63, 3.8) is 0 Å². The van der Waals surface area contributed by atoms with Gasteiger partial charge in [0, 0.05) is 5.56 Å². The fraction of sp³-hybridized carbons (Fsp3) is 0.150. The number of oxazole rings is 1. The summed E-state index contributed by atoms with van der Waals surface area (Å²) < 4.78 is 31.6. The molecule has 2 aromatic carbocycles. The van der Waals surface area contributed by atoms with Crippen LogP contribution in [0.4, 0.5) is 13.6 Å². The predicted octanol–water partition coefficient (Wildman–Crippen LogP) is 3.59. The van der Waals surface area contributed by atoms with Gasteiger partial charge in [0.1, 0.15) is 23.4 Å². The molecule has 3 aromatic rings. The second kappa shape index (κ2) is 6.56. The first-order valence-corrected chi connectivity index (χ1v) is 8.47. The van der Waals surface area contributed by atoms with Gasteiger partial charge in [-0.1, -0.05) is 12.1 Å². The Morgan fingerprint density at radius 3 is 2.29 bits per heavy atom. The number of nitrogens with zero attached hydrogens (tertiary/aromatic N) is 2. The van der Waals surface area contributed by atoms with Crippen molar-refractivity contribution in [3.05, 3.63) is 77.7 Å². The number of hydrogen-bond donors (Lipinski definition) is 1.